The lowest BCUT2D eigenvalue weighted by atomic mass is 10.3. The van der Waals surface area contributed by atoms with Gasteiger partial charge in [-0.3, -0.25) is 14.5 Å². The van der Waals surface area contributed by atoms with Crippen LogP contribution in [0.3, 0.4) is 0 Å². The maximum Gasteiger partial charge on any atom is 0.322 e. The molecule has 6 nitrogen and oxygen atoms in total. The van der Waals surface area contributed by atoms with E-state index in [-0.39, 0.29) is 12.0 Å². The van der Waals surface area contributed by atoms with Gasteiger partial charge in [-0.25, -0.2) is 0 Å². The molecule has 98 valence electrons. The zero-order valence-corrected chi connectivity index (χ0v) is 11.3. The molecule has 1 N–H and O–H groups in total. The summed E-state index contributed by atoms with van der Waals surface area (Å²) in [6.45, 7) is 2.24. The van der Waals surface area contributed by atoms with Gasteiger partial charge in [-0.2, -0.15) is 4.98 Å². The van der Waals surface area contributed by atoms with Gasteiger partial charge in [0.25, 0.3) is 0 Å². The minimum atomic E-state index is -0.371. The molecule has 1 atom stereocenters. The first-order chi connectivity index (χ1) is 8.67. The fraction of sp³-hybridized carbons (Fsp3) is 0.455. The second-order valence-electron chi connectivity index (χ2n) is 3.75. The molecule has 0 spiro atoms. The molecule has 2 aromatic rings. The van der Waals surface area contributed by atoms with Gasteiger partial charge in [-0.1, -0.05) is 0 Å². The summed E-state index contributed by atoms with van der Waals surface area (Å²) in [4.78, 5) is 16.5. The van der Waals surface area contributed by atoms with Crippen molar-refractivity contribution in [3.8, 4) is 5.88 Å². The number of imidazole rings is 1. The summed E-state index contributed by atoms with van der Waals surface area (Å²) in [5.41, 5.74) is 0.893. The van der Waals surface area contributed by atoms with Crippen LogP contribution in [0.15, 0.2) is 11.6 Å². The number of hydrogen-bond acceptors (Lipinski definition) is 6. The number of carbonyl (C=O) groups is 1. The van der Waals surface area contributed by atoms with Gasteiger partial charge in [0.1, 0.15) is 11.7 Å². The van der Waals surface area contributed by atoms with E-state index in [2.05, 4.69) is 15.0 Å². The van der Waals surface area contributed by atoms with Crippen molar-refractivity contribution in [3.63, 3.8) is 0 Å². The SMILES string of the molecule is COC(=O)[C@H](C)NCc1c(OC)nc2sccn12. The van der Waals surface area contributed by atoms with Gasteiger partial charge < -0.3 is 9.47 Å². The molecule has 18 heavy (non-hydrogen) atoms. The van der Waals surface area contributed by atoms with Gasteiger partial charge in [0.2, 0.25) is 5.88 Å². The van der Waals surface area contributed by atoms with E-state index in [1.54, 1.807) is 14.0 Å². The fourth-order valence-electron chi connectivity index (χ4n) is 1.65. The minimum absolute atomic E-state index is 0.292. The molecule has 2 heterocycles. The van der Waals surface area contributed by atoms with E-state index in [1.807, 2.05) is 16.0 Å². The van der Waals surface area contributed by atoms with E-state index in [0.717, 1.165) is 10.7 Å². The summed E-state index contributed by atoms with van der Waals surface area (Å²) in [6.07, 6.45) is 1.93. The van der Waals surface area contributed by atoms with Crippen LogP contribution in [0.1, 0.15) is 12.6 Å². The highest BCUT2D eigenvalue weighted by atomic mass is 32.1. The van der Waals surface area contributed by atoms with E-state index in [0.29, 0.717) is 12.4 Å². The molecular formula is C11H15N3O3S. The molecule has 0 saturated carbocycles. The Balaban J connectivity index is 2.15. The lowest BCUT2D eigenvalue weighted by molar-refractivity contribution is -0.142. The van der Waals surface area contributed by atoms with Crippen LogP contribution in [0.5, 0.6) is 5.88 Å². The first-order valence-corrected chi connectivity index (χ1v) is 6.35. The lowest BCUT2D eigenvalue weighted by Gasteiger charge is -2.11. The van der Waals surface area contributed by atoms with Crippen molar-refractivity contribution in [1.82, 2.24) is 14.7 Å². The van der Waals surface area contributed by atoms with Crippen molar-refractivity contribution in [2.45, 2.75) is 19.5 Å². The quantitative estimate of drug-likeness (QED) is 0.822. The number of methoxy groups -OCH3 is 2. The van der Waals surface area contributed by atoms with Crippen molar-refractivity contribution in [1.29, 1.82) is 0 Å². The van der Waals surface area contributed by atoms with E-state index < -0.39 is 0 Å². The van der Waals surface area contributed by atoms with Crippen molar-refractivity contribution < 1.29 is 14.3 Å². The number of rotatable bonds is 5. The summed E-state index contributed by atoms with van der Waals surface area (Å²) < 4.78 is 11.8. The van der Waals surface area contributed by atoms with Gasteiger partial charge in [-0.05, 0) is 6.92 Å². The third kappa shape index (κ3) is 2.32. The number of aromatic nitrogens is 2. The Morgan fingerprint density at radius 1 is 1.61 bits per heavy atom. The molecule has 0 radical (unpaired) electrons. The highest BCUT2D eigenvalue weighted by Crippen LogP contribution is 2.22. The number of ether oxygens (including phenoxy) is 2. The maximum absolute atomic E-state index is 11.3. The zero-order valence-electron chi connectivity index (χ0n) is 10.5. The first-order valence-electron chi connectivity index (χ1n) is 5.47. The van der Waals surface area contributed by atoms with Crippen molar-refractivity contribution in [3.05, 3.63) is 17.3 Å². The number of nitrogens with zero attached hydrogens (tertiary/aromatic N) is 2. The number of carbonyl (C=O) groups excluding carboxylic acids is 1. The molecule has 0 amide bonds. The Morgan fingerprint density at radius 3 is 3.06 bits per heavy atom. The maximum atomic E-state index is 11.3. The number of thiazole rings is 1. The topological polar surface area (TPSA) is 64.9 Å². The Labute approximate surface area is 109 Å². The summed E-state index contributed by atoms with van der Waals surface area (Å²) in [6, 6.07) is -0.371. The number of fused-ring (bicyclic) bond motifs is 1. The third-order valence-corrected chi connectivity index (χ3v) is 3.40. The highest BCUT2D eigenvalue weighted by Gasteiger charge is 2.17. The first kappa shape index (κ1) is 12.8. The van der Waals surface area contributed by atoms with Crippen molar-refractivity contribution in [2.24, 2.45) is 0 Å². The second-order valence-corrected chi connectivity index (χ2v) is 4.62. The molecular weight excluding hydrogens is 254 g/mol. The third-order valence-electron chi connectivity index (χ3n) is 2.65. The second kappa shape index (κ2) is 5.36. The molecule has 0 bridgehead atoms. The van der Waals surface area contributed by atoms with Crippen LogP contribution < -0.4 is 10.1 Å². The van der Waals surface area contributed by atoms with Crippen LogP contribution in [0.4, 0.5) is 0 Å². The molecule has 0 fully saturated rings. The number of hydrogen-bond donors (Lipinski definition) is 1. The highest BCUT2D eigenvalue weighted by molar-refractivity contribution is 7.15. The lowest BCUT2D eigenvalue weighted by Crippen LogP contribution is -2.34. The molecule has 2 rings (SSSR count). The minimum Gasteiger partial charge on any atom is -0.480 e. The van der Waals surface area contributed by atoms with Crippen LogP contribution in [0.2, 0.25) is 0 Å². The predicted octanol–water partition coefficient (Wildman–Crippen LogP) is 1.06. The van der Waals surface area contributed by atoms with E-state index >= 15 is 0 Å². The van der Waals surface area contributed by atoms with Crippen LogP contribution in [-0.4, -0.2) is 35.6 Å². The summed E-state index contributed by atoms with van der Waals surface area (Å²) in [5, 5.41) is 5.04. The number of esters is 1. The molecule has 2 aromatic heterocycles. The van der Waals surface area contributed by atoms with Crippen LogP contribution in [-0.2, 0) is 16.1 Å². The Kier molecular flexibility index (Phi) is 3.83. The molecule has 0 saturated heterocycles. The van der Waals surface area contributed by atoms with E-state index in [9.17, 15) is 4.79 Å². The van der Waals surface area contributed by atoms with Gasteiger partial charge in [0, 0.05) is 18.1 Å². The molecule has 0 aliphatic heterocycles. The zero-order chi connectivity index (χ0) is 13.1. The average Bonchev–Trinajstić information content (AvgIpc) is 2.95. The van der Waals surface area contributed by atoms with Crippen molar-refractivity contribution in [2.75, 3.05) is 14.2 Å². The summed E-state index contributed by atoms with van der Waals surface area (Å²) >= 11 is 1.54. The molecule has 0 aliphatic carbocycles. The predicted molar refractivity (Wildman–Crippen MR) is 67.9 cm³/mol. The fourth-order valence-corrected chi connectivity index (χ4v) is 2.37. The largest absolute Gasteiger partial charge is 0.480 e. The molecule has 0 aromatic carbocycles. The summed E-state index contributed by atoms with van der Waals surface area (Å²) in [5.74, 6) is 0.284. The van der Waals surface area contributed by atoms with Crippen LogP contribution in [0.25, 0.3) is 4.96 Å². The van der Waals surface area contributed by atoms with Gasteiger partial charge in [-0.15, -0.1) is 11.3 Å². The number of nitrogens with one attached hydrogen (secondary N) is 1. The Morgan fingerprint density at radius 2 is 2.39 bits per heavy atom. The Bertz CT molecular complexity index is 549. The van der Waals surface area contributed by atoms with Gasteiger partial charge in [0.05, 0.1) is 14.2 Å². The molecule has 7 heteroatoms. The van der Waals surface area contributed by atoms with E-state index in [4.69, 9.17) is 4.74 Å². The van der Waals surface area contributed by atoms with Crippen molar-refractivity contribution >= 4 is 22.3 Å². The summed E-state index contributed by atoms with van der Waals surface area (Å²) in [7, 11) is 2.96. The van der Waals surface area contributed by atoms with Crippen LogP contribution in [0, 0.1) is 0 Å². The van der Waals surface area contributed by atoms with Crippen LogP contribution >= 0.6 is 11.3 Å². The molecule has 0 aliphatic rings. The van der Waals surface area contributed by atoms with E-state index in [1.165, 1.54) is 18.4 Å². The van der Waals surface area contributed by atoms with Gasteiger partial charge >= 0.3 is 5.97 Å². The monoisotopic (exact) mass is 269 g/mol. The Hall–Kier alpha value is -1.60. The average molecular weight is 269 g/mol. The molecule has 0 unspecified atom stereocenters. The van der Waals surface area contributed by atoms with Gasteiger partial charge in [0.15, 0.2) is 4.96 Å². The normalized spacial score (nSPS) is 12.6. The smallest absolute Gasteiger partial charge is 0.322 e. The standard InChI is InChI=1S/C11H15N3O3S/c1-7(10(15)17-3)12-6-8-9(16-2)13-11-14(8)4-5-18-11/h4-5,7,12H,6H2,1-3H3/t7-/m0/s1.